The molecule has 0 aromatic carbocycles. The molecule has 3 aliphatic rings. The molecule has 3 fully saturated rings. The zero-order valence-corrected chi connectivity index (χ0v) is 17.3. The number of nitrogens with zero attached hydrogens (tertiary/aromatic N) is 4. The molecule has 4 unspecified atom stereocenters. The Morgan fingerprint density at radius 3 is 1.67 bits per heavy atom. The van der Waals surface area contributed by atoms with Crippen LogP contribution < -0.4 is 0 Å². The fourth-order valence-electron chi connectivity index (χ4n) is 5.82. The quantitative estimate of drug-likeness (QED) is 0.593. The van der Waals surface area contributed by atoms with Gasteiger partial charge in [0.2, 0.25) is 0 Å². The van der Waals surface area contributed by atoms with Crippen molar-refractivity contribution in [1.82, 2.24) is 19.6 Å². The van der Waals surface area contributed by atoms with Gasteiger partial charge in [-0.05, 0) is 27.2 Å². The molecule has 3 rings (SSSR count). The van der Waals surface area contributed by atoms with Gasteiger partial charge in [-0.25, -0.2) is 0 Å². The van der Waals surface area contributed by atoms with E-state index < -0.39 is 39.3 Å². The molecule has 27 heavy (non-hydrogen) atoms. The Balaban J connectivity index is 2.16. The first-order chi connectivity index (χ1) is 12.6. The largest absolute Gasteiger partial charge is 0.481 e. The van der Waals surface area contributed by atoms with E-state index in [4.69, 9.17) is 0 Å². The van der Waals surface area contributed by atoms with Gasteiger partial charge in [-0.15, -0.1) is 0 Å². The third-order valence-electron chi connectivity index (χ3n) is 6.65. The molecule has 2 saturated heterocycles. The molecule has 0 aromatic heterocycles. The number of carbonyl (C=O) groups is 1. The lowest BCUT2D eigenvalue weighted by Gasteiger charge is -2.60. The molecular weight excluding hydrogens is 372 g/mol. The highest BCUT2D eigenvalue weighted by Crippen LogP contribution is 2.46. The molecule has 1 saturated carbocycles. The van der Waals surface area contributed by atoms with E-state index in [1.165, 1.54) is 0 Å². The Hall–Kier alpha value is -0.780. The Bertz CT molecular complexity index is 640. The molecule has 10 heteroatoms. The van der Waals surface area contributed by atoms with Crippen molar-refractivity contribution in [3.05, 3.63) is 0 Å². The van der Waals surface area contributed by atoms with Crippen molar-refractivity contribution in [2.75, 3.05) is 53.6 Å². The summed E-state index contributed by atoms with van der Waals surface area (Å²) >= 11 is 0. The second kappa shape index (κ2) is 7.57. The Morgan fingerprint density at radius 1 is 0.963 bits per heavy atom. The van der Waals surface area contributed by atoms with Crippen molar-refractivity contribution in [3.63, 3.8) is 0 Å². The highest BCUT2D eigenvalue weighted by molar-refractivity contribution is 7.86. The fraction of sp³-hybridized carbons (Fsp3) is 0.941. The summed E-state index contributed by atoms with van der Waals surface area (Å²) in [5, 5.41) is 9.11. The number of hydrogen-bond acceptors (Lipinski definition) is 7. The molecule has 0 bridgehead atoms. The van der Waals surface area contributed by atoms with E-state index in [0.717, 1.165) is 0 Å². The smallest absolute Gasteiger partial charge is 0.307 e. The van der Waals surface area contributed by atoms with Crippen molar-refractivity contribution in [2.45, 2.75) is 31.2 Å². The molecule has 0 aromatic rings. The van der Waals surface area contributed by atoms with Crippen molar-refractivity contribution >= 4 is 16.1 Å². The molecule has 0 radical (unpaired) electrons. The molecular formula is C17H32N4O5S. The van der Waals surface area contributed by atoms with Crippen LogP contribution in [0.2, 0.25) is 0 Å². The highest BCUT2D eigenvalue weighted by Gasteiger charge is 2.62. The third-order valence-corrected chi connectivity index (χ3v) is 7.89. The molecule has 0 spiro atoms. The van der Waals surface area contributed by atoms with Crippen LogP contribution in [0.5, 0.6) is 0 Å². The van der Waals surface area contributed by atoms with Gasteiger partial charge < -0.3 is 5.11 Å². The maximum absolute atomic E-state index is 12.6. The van der Waals surface area contributed by atoms with Gasteiger partial charge >= 0.3 is 5.97 Å². The fourth-order valence-corrected chi connectivity index (χ4v) is 7.27. The highest BCUT2D eigenvalue weighted by atomic mass is 32.2. The maximum Gasteiger partial charge on any atom is 0.307 e. The van der Waals surface area contributed by atoms with Crippen LogP contribution in [0.25, 0.3) is 0 Å². The minimum absolute atomic E-state index is 0.348. The van der Waals surface area contributed by atoms with Gasteiger partial charge in [0, 0.05) is 37.0 Å². The minimum Gasteiger partial charge on any atom is -0.481 e. The maximum atomic E-state index is 12.6. The predicted octanol–water partition coefficient (Wildman–Crippen LogP) is -0.624. The van der Waals surface area contributed by atoms with E-state index in [2.05, 4.69) is 0 Å². The van der Waals surface area contributed by atoms with E-state index in [0.29, 0.717) is 39.5 Å². The summed E-state index contributed by atoms with van der Waals surface area (Å²) in [5.41, 5.74) is 0. The van der Waals surface area contributed by atoms with Crippen molar-refractivity contribution in [2.24, 2.45) is 17.8 Å². The average Bonchev–Trinajstić information content (AvgIpc) is 2.56. The third kappa shape index (κ3) is 3.63. The van der Waals surface area contributed by atoms with Crippen LogP contribution in [0.1, 0.15) is 13.8 Å². The van der Waals surface area contributed by atoms with Crippen LogP contribution in [0.15, 0.2) is 0 Å². The van der Waals surface area contributed by atoms with Crippen LogP contribution in [0.4, 0.5) is 0 Å². The predicted molar refractivity (Wildman–Crippen MR) is 101 cm³/mol. The number of aliphatic carboxylic acids is 1. The first kappa shape index (κ1) is 20.9. The molecule has 156 valence electrons. The summed E-state index contributed by atoms with van der Waals surface area (Å²) < 4.78 is 35.4. The zero-order valence-electron chi connectivity index (χ0n) is 16.5. The Morgan fingerprint density at radius 2 is 1.37 bits per heavy atom. The normalized spacial score (nSPS) is 39.7. The molecule has 9 nitrogen and oxygen atoms in total. The van der Waals surface area contributed by atoms with E-state index >= 15 is 0 Å². The van der Waals surface area contributed by atoms with E-state index in [-0.39, 0.29) is 11.8 Å². The molecule has 4 atom stereocenters. The lowest BCUT2D eigenvalue weighted by Crippen LogP contribution is -2.75. The summed E-state index contributed by atoms with van der Waals surface area (Å²) in [5.74, 6) is -2.21. The van der Waals surface area contributed by atoms with Gasteiger partial charge in [0.05, 0.1) is 19.3 Å². The van der Waals surface area contributed by atoms with Gasteiger partial charge in [0.15, 0.2) is 0 Å². The summed E-state index contributed by atoms with van der Waals surface area (Å²) in [6.07, 6.45) is 0. The summed E-state index contributed by atoms with van der Waals surface area (Å²) in [6, 6.07) is -0.998. The number of carboxylic acids is 1. The zero-order chi connectivity index (χ0) is 20.1. The van der Waals surface area contributed by atoms with Crippen LogP contribution in [-0.2, 0) is 14.9 Å². The lowest BCUT2D eigenvalue weighted by atomic mass is 9.64. The van der Waals surface area contributed by atoms with Gasteiger partial charge in [-0.3, -0.25) is 28.9 Å². The van der Waals surface area contributed by atoms with Crippen LogP contribution in [0.3, 0.4) is 0 Å². The Kier molecular flexibility index (Phi) is 5.87. The minimum atomic E-state index is -4.35. The van der Waals surface area contributed by atoms with E-state index in [9.17, 15) is 22.9 Å². The van der Waals surface area contributed by atoms with Gasteiger partial charge in [0.1, 0.15) is 5.25 Å². The van der Waals surface area contributed by atoms with E-state index in [1.807, 2.05) is 47.5 Å². The molecule has 1 aliphatic carbocycles. The molecule has 2 aliphatic heterocycles. The first-order valence-corrected chi connectivity index (χ1v) is 11.1. The second-order valence-electron chi connectivity index (χ2n) is 8.32. The summed E-state index contributed by atoms with van der Waals surface area (Å²) in [6.45, 7) is 7.28. The lowest BCUT2D eigenvalue weighted by molar-refractivity contribution is -0.164. The topological polar surface area (TPSA) is 105 Å². The number of carboxylic acid groups (broad SMARTS) is 1. The first-order valence-electron chi connectivity index (χ1n) is 9.64. The van der Waals surface area contributed by atoms with Crippen molar-refractivity contribution in [1.29, 1.82) is 0 Å². The van der Waals surface area contributed by atoms with Gasteiger partial charge in [-0.2, -0.15) is 8.42 Å². The molecule has 0 amide bonds. The Labute approximate surface area is 161 Å². The monoisotopic (exact) mass is 404 g/mol. The van der Waals surface area contributed by atoms with Gasteiger partial charge in [0.25, 0.3) is 10.1 Å². The standard InChI is InChI=1S/C17H32N4O5S/c1-5-20-9-18(3)7-11-13(17(22)23)12-8-19(4)10-21(6-2)15(12)16(14(11)20)27(24,25)26/h11-16H,5-10H2,1-4H3,(H,22,23)(H,24,25,26). The number of rotatable bonds is 4. The molecule has 2 heterocycles. The van der Waals surface area contributed by atoms with Crippen LogP contribution in [0, 0.1) is 17.8 Å². The number of fused-ring (bicyclic) bond motifs is 2. The van der Waals surface area contributed by atoms with Crippen LogP contribution >= 0.6 is 0 Å². The van der Waals surface area contributed by atoms with E-state index in [1.54, 1.807) is 0 Å². The van der Waals surface area contributed by atoms with Crippen molar-refractivity contribution in [3.8, 4) is 0 Å². The molecule has 2 N–H and O–H groups in total. The summed E-state index contributed by atoms with van der Waals surface area (Å²) in [7, 11) is -0.494. The average molecular weight is 405 g/mol. The van der Waals surface area contributed by atoms with Crippen LogP contribution in [-0.4, -0.2) is 115 Å². The SMILES string of the molecule is CCN1CN(C)CC2C(C(=O)O)C3CN(C)CN(CC)C3C(S(=O)(=O)O)C21. The second-order valence-corrected chi connectivity index (χ2v) is 9.90. The van der Waals surface area contributed by atoms with Crippen molar-refractivity contribution < 1.29 is 22.9 Å². The van der Waals surface area contributed by atoms with Gasteiger partial charge in [-0.1, -0.05) is 13.8 Å². The number of hydrogen-bond donors (Lipinski definition) is 2. The summed E-state index contributed by atoms with van der Waals surface area (Å²) in [4.78, 5) is 20.5.